The van der Waals surface area contributed by atoms with Gasteiger partial charge in [-0.1, -0.05) is 29.8 Å². The number of carbonyl (C=O) groups excluding carboxylic acids is 3. The average molecular weight is 365 g/mol. The van der Waals surface area contributed by atoms with E-state index < -0.39 is 23.2 Å². The molecular weight excluding hydrogens is 346 g/mol. The van der Waals surface area contributed by atoms with Crippen LogP contribution in [0.4, 0.5) is 5.69 Å². The molecule has 6 heteroatoms. The molecule has 0 spiro atoms. The summed E-state index contributed by atoms with van der Waals surface area (Å²) in [5.41, 5.74) is 0.986. The summed E-state index contributed by atoms with van der Waals surface area (Å²) in [6.07, 6.45) is 0. The van der Waals surface area contributed by atoms with Crippen molar-refractivity contribution in [3.8, 4) is 5.75 Å². The van der Waals surface area contributed by atoms with Gasteiger partial charge in [-0.2, -0.15) is 0 Å². The lowest BCUT2D eigenvalue weighted by atomic mass is 9.91. The third kappa shape index (κ3) is 2.22. The lowest BCUT2D eigenvalue weighted by molar-refractivity contribution is -0.145. The van der Waals surface area contributed by atoms with Gasteiger partial charge in [0.15, 0.2) is 0 Å². The van der Waals surface area contributed by atoms with Crippen LogP contribution in [0.15, 0.2) is 48.5 Å². The number of hydrogen-bond acceptors (Lipinski definition) is 5. The quantitative estimate of drug-likeness (QED) is 0.614. The molecule has 1 aliphatic carbocycles. The number of esters is 1. The number of fused-ring (bicyclic) bond motifs is 1. The van der Waals surface area contributed by atoms with E-state index in [4.69, 9.17) is 9.47 Å². The van der Waals surface area contributed by atoms with E-state index in [1.807, 2.05) is 31.2 Å². The van der Waals surface area contributed by atoms with Crippen molar-refractivity contribution in [2.24, 2.45) is 11.8 Å². The topological polar surface area (TPSA) is 72.9 Å². The number of nitrogens with zero attached hydrogens (tertiary/aromatic N) is 1. The molecule has 2 aromatic rings. The van der Waals surface area contributed by atoms with Crippen LogP contribution in [0, 0.1) is 18.8 Å². The van der Waals surface area contributed by atoms with Gasteiger partial charge in [0.1, 0.15) is 11.2 Å². The first-order valence-electron chi connectivity index (χ1n) is 8.64. The normalized spacial score (nSPS) is 26.0. The molecule has 0 unspecified atom stereocenters. The second-order valence-corrected chi connectivity index (χ2v) is 6.89. The average Bonchev–Trinajstić information content (AvgIpc) is 3.33. The van der Waals surface area contributed by atoms with Crippen LogP contribution in [0.5, 0.6) is 5.75 Å². The molecule has 6 nitrogen and oxygen atoms in total. The summed E-state index contributed by atoms with van der Waals surface area (Å²) < 4.78 is 10.00. The largest absolute Gasteiger partial charge is 0.497 e. The van der Waals surface area contributed by atoms with Crippen LogP contribution in [0.1, 0.15) is 11.1 Å². The monoisotopic (exact) mass is 365 g/mol. The molecule has 1 saturated carbocycles. The summed E-state index contributed by atoms with van der Waals surface area (Å²) in [6, 6.07) is 14.1. The highest BCUT2D eigenvalue weighted by molar-refractivity contribution is 6.31. The first kappa shape index (κ1) is 17.3. The molecule has 0 bridgehead atoms. The van der Waals surface area contributed by atoms with Crippen molar-refractivity contribution in [2.45, 2.75) is 12.3 Å². The van der Waals surface area contributed by atoms with Crippen molar-refractivity contribution in [3.63, 3.8) is 0 Å². The Bertz CT molecular complexity index is 934. The van der Waals surface area contributed by atoms with Crippen LogP contribution >= 0.6 is 0 Å². The van der Waals surface area contributed by atoms with E-state index in [1.165, 1.54) is 12.0 Å². The minimum Gasteiger partial charge on any atom is -0.497 e. The number of carbonyl (C=O) groups is 3. The summed E-state index contributed by atoms with van der Waals surface area (Å²) in [4.78, 5) is 39.9. The van der Waals surface area contributed by atoms with Crippen molar-refractivity contribution in [3.05, 3.63) is 59.7 Å². The fourth-order valence-electron chi connectivity index (χ4n) is 4.15. The molecule has 3 atom stereocenters. The van der Waals surface area contributed by atoms with Gasteiger partial charge >= 0.3 is 5.97 Å². The molecule has 1 heterocycles. The number of piperidine rings is 1. The van der Waals surface area contributed by atoms with Gasteiger partial charge in [0, 0.05) is 0 Å². The predicted octanol–water partition coefficient (Wildman–Crippen LogP) is 2.23. The number of hydrogen-bond donors (Lipinski definition) is 0. The molecular formula is C21H19NO5. The van der Waals surface area contributed by atoms with Crippen LogP contribution in [-0.2, 0) is 24.5 Å². The minimum atomic E-state index is -1.18. The Morgan fingerprint density at radius 2 is 1.63 bits per heavy atom. The summed E-state index contributed by atoms with van der Waals surface area (Å²) in [5.74, 6) is -2.18. The fraction of sp³-hybridized carbons (Fsp3) is 0.286. The van der Waals surface area contributed by atoms with E-state index in [1.54, 1.807) is 31.4 Å². The Morgan fingerprint density at radius 1 is 1.00 bits per heavy atom. The minimum absolute atomic E-state index is 0.374. The molecule has 0 N–H and O–H groups in total. The van der Waals surface area contributed by atoms with Crippen LogP contribution in [0.25, 0.3) is 0 Å². The van der Waals surface area contributed by atoms with Gasteiger partial charge in [0.2, 0.25) is 11.8 Å². The zero-order valence-corrected chi connectivity index (χ0v) is 15.3. The smallest absolute Gasteiger partial charge is 0.310 e. The van der Waals surface area contributed by atoms with E-state index in [-0.39, 0.29) is 11.8 Å². The van der Waals surface area contributed by atoms with Crippen LogP contribution in [-0.4, -0.2) is 32.0 Å². The van der Waals surface area contributed by atoms with Gasteiger partial charge in [-0.3, -0.25) is 14.4 Å². The predicted molar refractivity (Wildman–Crippen MR) is 97.3 cm³/mol. The number of aryl methyl sites for hydroxylation is 1. The summed E-state index contributed by atoms with van der Waals surface area (Å²) >= 11 is 0. The highest BCUT2D eigenvalue weighted by atomic mass is 16.5. The van der Waals surface area contributed by atoms with Crippen molar-refractivity contribution in [1.29, 1.82) is 0 Å². The molecule has 4 rings (SSSR count). The SMILES string of the molecule is COC(=O)[C@@H]1[C@@H]2C(=O)N(c3ccc(OC)cc3)C(=O)[C@]12c1ccc(C)cc1. The maximum Gasteiger partial charge on any atom is 0.310 e. The highest BCUT2D eigenvalue weighted by Gasteiger charge is 2.83. The van der Waals surface area contributed by atoms with Crippen LogP contribution in [0.3, 0.4) is 0 Å². The molecule has 27 heavy (non-hydrogen) atoms. The highest BCUT2D eigenvalue weighted by Crippen LogP contribution is 2.66. The lowest BCUT2D eigenvalue weighted by Gasteiger charge is -2.22. The second kappa shape index (κ2) is 5.94. The standard InChI is InChI=1S/C21H19NO5/c1-12-4-6-13(7-5-12)21-16(17(21)19(24)27-3)18(23)22(20(21)25)14-8-10-15(26-2)11-9-14/h4-11,16-17H,1-3H3/t16-,17+,21+/m1/s1. The molecule has 2 aromatic carbocycles. The molecule has 2 amide bonds. The second-order valence-electron chi connectivity index (χ2n) is 6.89. The van der Waals surface area contributed by atoms with Crippen molar-refractivity contribution < 1.29 is 23.9 Å². The summed E-state index contributed by atoms with van der Waals surface area (Å²) in [7, 11) is 2.82. The van der Waals surface area contributed by atoms with Gasteiger partial charge < -0.3 is 9.47 Å². The molecule has 0 radical (unpaired) electrons. The maximum absolute atomic E-state index is 13.4. The summed E-state index contributed by atoms with van der Waals surface area (Å²) in [5, 5.41) is 0. The van der Waals surface area contributed by atoms with E-state index in [0.717, 1.165) is 5.56 Å². The summed E-state index contributed by atoms with van der Waals surface area (Å²) in [6.45, 7) is 1.94. The molecule has 0 aromatic heterocycles. The van der Waals surface area contributed by atoms with E-state index in [0.29, 0.717) is 17.0 Å². The number of methoxy groups -OCH3 is 2. The molecule has 1 aliphatic heterocycles. The molecule has 2 fully saturated rings. The number of amides is 2. The first-order chi connectivity index (χ1) is 13.0. The maximum atomic E-state index is 13.4. The van der Waals surface area contributed by atoms with E-state index >= 15 is 0 Å². The number of anilines is 1. The van der Waals surface area contributed by atoms with Crippen molar-refractivity contribution in [2.75, 3.05) is 19.1 Å². The van der Waals surface area contributed by atoms with Gasteiger partial charge in [0.05, 0.1) is 31.7 Å². The van der Waals surface area contributed by atoms with Gasteiger partial charge in [-0.05, 0) is 36.8 Å². The van der Waals surface area contributed by atoms with E-state index in [9.17, 15) is 14.4 Å². The zero-order valence-electron chi connectivity index (χ0n) is 15.3. The number of rotatable bonds is 4. The van der Waals surface area contributed by atoms with Crippen LogP contribution < -0.4 is 9.64 Å². The molecule has 1 saturated heterocycles. The Morgan fingerprint density at radius 3 is 2.19 bits per heavy atom. The third-order valence-electron chi connectivity index (χ3n) is 5.56. The van der Waals surface area contributed by atoms with Crippen molar-refractivity contribution >= 4 is 23.5 Å². The number of imide groups is 1. The first-order valence-corrected chi connectivity index (χ1v) is 8.64. The molecule has 2 aliphatic rings. The Labute approximate surface area is 156 Å². The Hall–Kier alpha value is -3.15. The lowest BCUT2D eigenvalue weighted by Crippen LogP contribution is -2.40. The van der Waals surface area contributed by atoms with Gasteiger partial charge in [-0.15, -0.1) is 0 Å². The molecule has 138 valence electrons. The van der Waals surface area contributed by atoms with Gasteiger partial charge in [0.25, 0.3) is 0 Å². The fourth-order valence-corrected chi connectivity index (χ4v) is 4.15. The number of benzene rings is 2. The third-order valence-corrected chi connectivity index (χ3v) is 5.56. The Kier molecular flexibility index (Phi) is 3.80. The zero-order chi connectivity index (χ0) is 19.3. The van der Waals surface area contributed by atoms with E-state index in [2.05, 4.69) is 0 Å². The van der Waals surface area contributed by atoms with Crippen molar-refractivity contribution in [1.82, 2.24) is 0 Å². The van der Waals surface area contributed by atoms with Gasteiger partial charge in [-0.25, -0.2) is 4.90 Å². The number of ether oxygens (including phenoxy) is 2. The van der Waals surface area contributed by atoms with Crippen LogP contribution in [0.2, 0.25) is 0 Å². The Balaban J connectivity index is 1.79.